The summed E-state index contributed by atoms with van der Waals surface area (Å²) in [6, 6.07) is 7.90. The van der Waals surface area contributed by atoms with Crippen LogP contribution < -0.4 is 15.0 Å². The molecule has 1 fully saturated rings. The number of anilines is 2. The van der Waals surface area contributed by atoms with Gasteiger partial charge in [0, 0.05) is 57.2 Å². The van der Waals surface area contributed by atoms with Crippen LogP contribution in [0.1, 0.15) is 18.1 Å². The zero-order chi connectivity index (χ0) is 35.6. The number of aromatic nitrogens is 8. The molecule has 1 amide bonds. The van der Waals surface area contributed by atoms with E-state index in [9.17, 15) is 13.6 Å². The van der Waals surface area contributed by atoms with Gasteiger partial charge in [0.2, 0.25) is 11.9 Å². The third-order valence-corrected chi connectivity index (χ3v) is 9.58. The SMILES string of the molecule is COc1cc(F)ccc1-n1ncc2c(N3C[C@@H]4C[C@H]3C(=O)N(C)C[C@H](OC)Cn3c(C)nc5cc(F)cc(c53)-c3ccnc(n3)N4)nc(C)nc21. The minimum absolute atomic E-state index is 0.127. The van der Waals surface area contributed by atoms with E-state index in [1.807, 2.05) is 16.4 Å². The summed E-state index contributed by atoms with van der Waals surface area (Å²) in [7, 11) is 4.83. The number of likely N-dealkylation sites (N-methyl/N-ethyl adjacent to an activating group) is 1. The molecule has 14 nitrogen and oxygen atoms in total. The number of nitrogens with one attached hydrogen (secondary N) is 1. The molecule has 0 saturated carbocycles. The summed E-state index contributed by atoms with van der Waals surface area (Å²) in [6.45, 7) is 4.65. The van der Waals surface area contributed by atoms with Gasteiger partial charge in [0.25, 0.3) is 0 Å². The number of imidazole rings is 1. The lowest BCUT2D eigenvalue weighted by molar-refractivity contribution is -0.132. The smallest absolute Gasteiger partial charge is 0.245 e. The highest BCUT2D eigenvalue weighted by Crippen LogP contribution is 2.35. The Kier molecular flexibility index (Phi) is 7.97. The Morgan fingerprint density at radius 1 is 0.961 bits per heavy atom. The fourth-order valence-electron chi connectivity index (χ4n) is 7.22. The Balaban J connectivity index is 1.24. The Morgan fingerprint density at radius 2 is 1.80 bits per heavy atom. The predicted molar refractivity (Wildman–Crippen MR) is 185 cm³/mol. The van der Waals surface area contributed by atoms with Gasteiger partial charge in [-0.15, -0.1) is 0 Å². The molecule has 3 atom stereocenters. The van der Waals surface area contributed by atoms with Crippen LogP contribution in [-0.2, 0) is 16.1 Å². The first-order valence-electron chi connectivity index (χ1n) is 16.5. The van der Waals surface area contributed by atoms with Gasteiger partial charge in [0.1, 0.15) is 46.6 Å². The summed E-state index contributed by atoms with van der Waals surface area (Å²) in [5, 5.41) is 8.64. The molecule has 51 heavy (non-hydrogen) atoms. The number of methoxy groups -OCH3 is 2. The molecule has 0 spiro atoms. The largest absolute Gasteiger partial charge is 0.494 e. The van der Waals surface area contributed by atoms with Crippen LogP contribution >= 0.6 is 0 Å². The molecule has 4 bridgehead atoms. The van der Waals surface area contributed by atoms with E-state index >= 15 is 0 Å². The molecule has 0 aliphatic carbocycles. The summed E-state index contributed by atoms with van der Waals surface area (Å²) < 4.78 is 44.0. The maximum atomic E-state index is 15.0. The van der Waals surface area contributed by atoms with Gasteiger partial charge in [-0.3, -0.25) is 4.79 Å². The lowest BCUT2D eigenvalue weighted by atomic mass is 10.1. The second kappa shape index (κ2) is 12.5. The fourth-order valence-corrected chi connectivity index (χ4v) is 7.22. The van der Waals surface area contributed by atoms with Crippen molar-refractivity contribution >= 4 is 39.7 Å². The first-order valence-corrected chi connectivity index (χ1v) is 16.5. The number of hydrogen-bond donors (Lipinski definition) is 1. The quantitative estimate of drug-likeness (QED) is 0.285. The van der Waals surface area contributed by atoms with Crippen molar-refractivity contribution in [1.82, 2.24) is 44.2 Å². The van der Waals surface area contributed by atoms with Gasteiger partial charge >= 0.3 is 0 Å². The van der Waals surface area contributed by atoms with E-state index in [1.165, 1.54) is 31.4 Å². The molecule has 16 heteroatoms. The van der Waals surface area contributed by atoms with Crippen LogP contribution in [0.15, 0.2) is 48.8 Å². The zero-order valence-electron chi connectivity index (χ0n) is 28.6. The first-order chi connectivity index (χ1) is 24.6. The number of carbonyl (C=O) groups excluding carboxylic acids is 1. The highest BCUT2D eigenvalue weighted by Gasteiger charge is 2.41. The Morgan fingerprint density at radius 3 is 2.61 bits per heavy atom. The minimum atomic E-state index is -0.632. The van der Waals surface area contributed by atoms with Gasteiger partial charge in [-0.05, 0) is 44.5 Å². The monoisotopic (exact) mass is 695 g/mol. The van der Waals surface area contributed by atoms with E-state index in [4.69, 9.17) is 24.4 Å². The molecule has 262 valence electrons. The van der Waals surface area contributed by atoms with Crippen molar-refractivity contribution in [2.24, 2.45) is 0 Å². The topological polar surface area (TPSA) is 141 Å². The summed E-state index contributed by atoms with van der Waals surface area (Å²) in [6.07, 6.45) is 3.26. The maximum absolute atomic E-state index is 15.0. The summed E-state index contributed by atoms with van der Waals surface area (Å²) >= 11 is 0. The van der Waals surface area contributed by atoms with Crippen molar-refractivity contribution in [2.45, 2.75) is 45.0 Å². The second-order valence-corrected chi connectivity index (χ2v) is 12.9. The van der Waals surface area contributed by atoms with E-state index in [-0.39, 0.29) is 24.2 Å². The molecule has 2 aliphatic rings. The normalized spacial score (nSPS) is 19.4. The average molecular weight is 696 g/mol. The molecule has 0 unspecified atom stereocenters. The predicted octanol–water partition coefficient (Wildman–Crippen LogP) is 4.07. The van der Waals surface area contributed by atoms with Crippen molar-refractivity contribution in [2.75, 3.05) is 44.6 Å². The molecule has 6 aromatic rings. The summed E-state index contributed by atoms with van der Waals surface area (Å²) in [5.74, 6) is 1.30. The third-order valence-electron chi connectivity index (χ3n) is 9.58. The lowest BCUT2D eigenvalue weighted by Gasteiger charge is -2.31. The number of carbonyl (C=O) groups is 1. The van der Waals surface area contributed by atoms with Crippen LogP contribution in [0.2, 0.25) is 0 Å². The molecular weight excluding hydrogens is 660 g/mol. The number of rotatable bonds is 4. The van der Waals surface area contributed by atoms with E-state index in [2.05, 4.69) is 20.4 Å². The van der Waals surface area contributed by atoms with E-state index < -0.39 is 23.8 Å². The summed E-state index contributed by atoms with van der Waals surface area (Å²) in [5.41, 5.74) is 3.30. The van der Waals surface area contributed by atoms with Gasteiger partial charge in [-0.2, -0.15) is 5.10 Å². The van der Waals surface area contributed by atoms with Crippen molar-refractivity contribution in [3.05, 3.63) is 72.1 Å². The van der Waals surface area contributed by atoms with Crippen molar-refractivity contribution in [3.8, 4) is 22.7 Å². The van der Waals surface area contributed by atoms with Crippen LogP contribution in [0.4, 0.5) is 20.5 Å². The van der Waals surface area contributed by atoms with Crippen LogP contribution in [0.3, 0.4) is 0 Å². The molecule has 0 radical (unpaired) electrons. The molecule has 6 heterocycles. The van der Waals surface area contributed by atoms with Crippen molar-refractivity contribution in [3.63, 3.8) is 0 Å². The Labute approximate surface area is 291 Å². The van der Waals surface area contributed by atoms with Crippen LogP contribution in [0.25, 0.3) is 39.0 Å². The number of amides is 1. The minimum Gasteiger partial charge on any atom is -0.494 e. The molecule has 8 rings (SSSR count). The van der Waals surface area contributed by atoms with Crippen molar-refractivity contribution in [1.29, 1.82) is 0 Å². The number of halogens is 2. The third kappa shape index (κ3) is 5.64. The number of nitrogens with zero attached hydrogens (tertiary/aromatic N) is 10. The highest BCUT2D eigenvalue weighted by molar-refractivity contribution is 5.94. The van der Waals surface area contributed by atoms with Crippen LogP contribution in [0.5, 0.6) is 5.75 Å². The molecule has 1 N–H and O–H groups in total. The average Bonchev–Trinajstić information content (AvgIpc) is 3.81. The number of fused-ring (bicyclic) bond motifs is 6. The van der Waals surface area contributed by atoms with Gasteiger partial charge in [-0.1, -0.05) is 0 Å². The van der Waals surface area contributed by atoms with Gasteiger partial charge in [0.05, 0.1) is 48.1 Å². The van der Waals surface area contributed by atoms with Gasteiger partial charge in [-0.25, -0.2) is 38.4 Å². The maximum Gasteiger partial charge on any atom is 0.245 e. The fraction of sp³-hybridized carbons (Fsp3) is 0.343. The van der Waals surface area contributed by atoms with E-state index in [0.717, 1.165) is 5.52 Å². The highest BCUT2D eigenvalue weighted by atomic mass is 19.1. The number of ether oxygens (including phenoxy) is 2. The van der Waals surface area contributed by atoms with Crippen LogP contribution in [0, 0.1) is 25.5 Å². The number of benzene rings is 2. The lowest BCUT2D eigenvalue weighted by Crippen LogP contribution is -2.47. The van der Waals surface area contributed by atoms with E-state index in [0.29, 0.717) is 76.4 Å². The molecule has 2 aliphatic heterocycles. The Bertz CT molecular complexity index is 2330. The zero-order valence-corrected chi connectivity index (χ0v) is 28.6. The molecular formula is C35H35F2N11O3. The number of hydrogen-bond acceptors (Lipinski definition) is 11. The molecule has 1 saturated heterocycles. The summed E-state index contributed by atoms with van der Waals surface area (Å²) in [4.78, 5) is 41.6. The van der Waals surface area contributed by atoms with Gasteiger partial charge in [0.15, 0.2) is 5.65 Å². The Hall–Kier alpha value is -5.77. The van der Waals surface area contributed by atoms with Crippen LogP contribution in [-0.4, -0.2) is 103 Å². The number of aryl methyl sites for hydroxylation is 2. The molecule has 2 aromatic carbocycles. The molecule has 4 aromatic heterocycles. The first kappa shape index (κ1) is 32.4. The van der Waals surface area contributed by atoms with E-state index in [1.54, 1.807) is 55.2 Å². The van der Waals surface area contributed by atoms with Crippen molar-refractivity contribution < 1.29 is 23.0 Å². The second-order valence-electron chi connectivity index (χ2n) is 12.9. The van der Waals surface area contributed by atoms with Gasteiger partial charge < -0.3 is 29.2 Å². The standard InChI is InChI=1S/C35H35F2N11O3/c1-18-40-32(25-14-39-48(33(25)41-18)28-7-6-20(36)12-30(28)51-5)47-15-22-13-29(47)34(49)45(3)16-23(50-4)17-46-19(2)42-27-11-21(37)10-24(31(27)46)26-8-9-38-35(43-22)44-26/h6-12,14,22-23,29H,13,15-17H2,1-5H3,(H,38,43,44)/t22-,23-,29-/m0/s1.